The molecule has 1 aliphatic heterocycles. The van der Waals surface area contributed by atoms with E-state index in [0.717, 1.165) is 0 Å². The van der Waals surface area contributed by atoms with Crippen molar-refractivity contribution in [1.29, 1.82) is 0 Å². The molecule has 5 heteroatoms. The molecule has 0 aromatic heterocycles. The smallest absolute Gasteiger partial charge is 0.204 e. The van der Waals surface area contributed by atoms with Crippen LogP contribution in [0.25, 0.3) is 6.08 Å². The zero-order valence-corrected chi connectivity index (χ0v) is 10.2. The van der Waals surface area contributed by atoms with Crippen LogP contribution in [0.15, 0.2) is 32.5 Å². The van der Waals surface area contributed by atoms with Crippen molar-refractivity contribution in [1.82, 2.24) is 0 Å². The number of fused-ring (bicyclic) bond motifs is 1. The molecule has 0 aliphatic carbocycles. The normalized spacial score (nSPS) is 17.3. The Bertz CT molecular complexity index is 532. The number of rotatable bonds is 2. The number of aliphatic hydroxyl groups excluding tert-OH is 1. The summed E-state index contributed by atoms with van der Waals surface area (Å²) in [5, 5.41) is 8.79. The summed E-state index contributed by atoms with van der Waals surface area (Å²) in [6.07, 6.45) is 1.79. The highest BCUT2D eigenvalue weighted by Gasteiger charge is 2.30. The summed E-state index contributed by atoms with van der Waals surface area (Å²) in [6.45, 7) is -0.156. The minimum absolute atomic E-state index is 0.156. The van der Waals surface area contributed by atoms with Gasteiger partial charge in [-0.25, -0.2) is 8.42 Å². The molecule has 0 saturated heterocycles. The highest BCUT2D eigenvalue weighted by Crippen LogP contribution is 2.38. The Labute approximate surface area is 96.5 Å². The number of hydrogen-bond acceptors (Lipinski definition) is 3. The summed E-state index contributed by atoms with van der Waals surface area (Å²) in [7, 11) is -3.38. The third-order valence-corrected chi connectivity index (χ3v) is 5.21. The maximum Gasteiger partial charge on any atom is 0.204 e. The summed E-state index contributed by atoms with van der Waals surface area (Å²) < 4.78 is 24.5. The predicted molar refractivity (Wildman–Crippen MR) is 61.0 cm³/mol. The van der Waals surface area contributed by atoms with E-state index in [9.17, 15) is 8.42 Å². The molecule has 0 fully saturated rings. The average Bonchev–Trinajstić information content (AvgIpc) is 2.40. The standard InChI is InChI=1S/C10H9BrO3S/c11-9-3-1-2-7-6-8(4-5-12)15(13,14)10(7)9/h1-3,6,12H,4-5H2. The third kappa shape index (κ3) is 1.64. The van der Waals surface area contributed by atoms with Crippen molar-refractivity contribution in [2.75, 3.05) is 6.61 Å². The first kappa shape index (κ1) is 10.9. The van der Waals surface area contributed by atoms with E-state index in [4.69, 9.17) is 5.11 Å². The van der Waals surface area contributed by atoms with Crippen LogP contribution in [0.4, 0.5) is 0 Å². The maximum absolute atomic E-state index is 12.0. The van der Waals surface area contributed by atoms with Crippen molar-refractivity contribution < 1.29 is 13.5 Å². The van der Waals surface area contributed by atoms with Crippen LogP contribution >= 0.6 is 15.9 Å². The van der Waals surface area contributed by atoms with Gasteiger partial charge < -0.3 is 5.11 Å². The van der Waals surface area contributed by atoms with Gasteiger partial charge in [0.2, 0.25) is 9.84 Å². The lowest BCUT2D eigenvalue weighted by molar-refractivity contribution is 0.301. The minimum atomic E-state index is -3.38. The molecule has 1 aliphatic rings. The van der Waals surface area contributed by atoms with Crippen LogP contribution in [-0.2, 0) is 9.84 Å². The molecular weight excluding hydrogens is 280 g/mol. The van der Waals surface area contributed by atoms with Crippen LogP contribution in [0.2, 0.25) is 0 Å². The van der Waals surface area contributed by atoms with Crippen LogP contribution in [0.1, 0.15) is 12.0 Å². The molecule has 2 rings (SSSR count). The SMILES string of the molecule is O=S1(=O)C(CCO)=Cc2cccc(Br)c21. The van der Waals surface area contributed by atoms with Gasteiger partial charge in [-0.15, -0.1) is 0 Å². The minimum Gasteiger partial charge on any atom is -0.396 e. The number of hydrogen-bond donors (Lipinski definition) is 1. The Hall–Kier alpha value is -0.650. The molecule has 1 aromatic rings. The van der Waals surface area contributed by atoms with E-state index in [0.29, 0.717) is 14.9 Å². The quantitative estimate of drug-likeness (QED) is 0.905. The molecule has 0 unspecified atom stereocenters. The van der Waals surface area contributed by atoms with Gasteiger partial charge in [-0.3, -0.25) is 0 Å². The topological polar surface area (TPSA) is 54.4 Å². The zero-order valence-electron chi connectivity index (χ0n) is 7.77. The maximum atomic E-state index is 12.0. The highest BCUT2D eigenvalue weighted by molar-refractivity contribution is 9.10. The van der Waals surface area contributed by atoms with Gasteiger partial charge in [0.25, 0.3) is 0 Å². The molecule has 0 saturated carbocycles. The van der Waals surface area contributed by atoms with Crippen molar-refractivity contribution in [2.24, 2.45) is 0 Å². The van der Waals surface area contributed by atoms with Gasteiger partial charge in [0.15, 0.2) is 0 Å². The molecule has 15 heavy (non-hydrogen) atoms. The molecule has 80 valence electrons. The zero-order chi connectivity index (χ0) is 11.1. The number of benzene rings is 1. The fourth-order valence-corrected chi connectivity index (χ4v) is 4.31. The Morgan fingerprint density at radius 2 is 2.07 bits per heavy atom. The molecule has 0 radical (unpaired) electrons. The summed E-state index contributed by atoms with van der Waals surface area (Å²) in [5.41, 5.74) is 0.688. The second kappa shape index (κ2) is 3.73. The first-order chi connectivity index (χ1) is 7.07. The summed E-state index contributed by atoms with van der Waals surface area (Å²) in [6, 6.07) is 5.24. The Kier molecular flexibility index (Phi) is 2.70. The Morgan fingerprint density at radius 3 is 2.67 bits per heavy atom. The predicted octanol–water partition coefficient (Wildman–Crippen LogP) is 1.96. The van der Waals surface area contributed by atoms with Gasteiger partial charge in [0.05, 0.1) is 9.80 Å². The van der Waals surface area contributed by atoms with E-state index in [1.54, 1.807) is 24.3 Å². The fraction of sp³-hybridized carbons (Fsp3) is 0.200. The van der Waals surface area contributed by atoms with Crippen molar-refractivity contribution >= 4 is 31.8 Å². The molecular formula is C10H9BrO3S. The second-order valence-corrected chi connectivity index (χ2v) is 6.04. The van der Waals surface area contributed by atoms with Gasteiger partial charge >= 0.3 is 0 Å². The molecule has 1 heterocycles. The molecule has 3 nitrogen and oxygen atoms in total. The molecule has 0 spiro atoms. The number of sulfone groups is 1. The van der Waals surface area contributed by atoms with Crippen molar-refractivity contribution in [3.05, 3.63) is 33.1 Å². The van der Waals surface area contributed by atoms with Crippen molar-refractivity contribution in [3.8, 4) is 0 Å². The Balaban J connectivity index is 2.64. The van der Waals surface area contributed by atoms with Gasteiger partial charge in [-0.05, 0) is 33.6 Å². The van der Waals surface area contributed by atoms with Gasteiger partial charge in [0, 0.05) is 17.5 Å². The second-order valence-electron chi connectivity index (χ2n) is 3.25. The van der Waals surface area contributed by atoms with Gasteiger partial charge in [0.1, 0.15) is 0 Å². The van der Waals surface area contributed by atoms with E-state index in [-0.39, 0.29) is 17.9 Å². The van der Waals surface area contributed by atoms with E-state index >= 15 is 0 Å². The molecule has 0 atom stereocenters. The summed E-state index contributed by atoms with van der Waals surface area (Å²) >= 11 is 3.23. The number of aliphatic hydroxyl groups is 1. The highest BCUT2D eigenvalue weighted by atomic mass is 79.9. The van der Waals surface area contributed by atoms with Crippen LogP contribution in [-0.4, -0.2) is 20.1 Å². The Morgan fingerprint density at radius 1 is 1.33 bits per heavy atom. The number of halogens is 1. The lowest BCUT2D eigenvalue weighted by Gasteiger charge is -2.03. The summed E-state index contributed by atoms with van der Waals surface area (Å²) in [4.78, 5) is 0.598. The van der Waals surface area contributed by atoms with Crippen molar-refractivity contribution in [2.45, 2.75) is 11.3 Å². The average molecular weight is 289 g/mol. The monoisotopic (exact) mass is 288 g/mol. The molecule has 1 N–H and O–H groups in total. The lowest BCUT2D eigenvalue weighted by atomic mass is 10.2. The van der Waals surface area contributed by atoms with Crippen LogP contribution in [0, 0.1) is 0 Å². The van der Waals surface area contributed by atoms with Crippen LogP contribution in [0.5, 0.6) is 0 Å². The first-order valence-corrected chi connectivity index (χ1v) is 6.70. The lowest BCUT2D eigenvalue weighted by Crippen LogP contribution is -2.03. The first-order valence-electron chi connectivity index (χ1n) is 4.42. The van der Waals surface area contributed by atoms with Crippen LogP contribution < -0.4 is 0 Å². The van der Waals surface area contributed by atoms with Gasteiger partial charge in [-0.1, -0.05) is 12.1 Å². The van der Waals surface area contributed by atoms with E-state index < -0.39 is 9.84 Å². The third-order valence-electron chi connectivity index (χ3n) is 2.29. The van der Waals surface area contributed by atoms with E-state index in [1.165, 1.54) is 0 Å². The van der Waals surface area contributed by atoms with E-state index in [2.05, 4.69) is 15.9 Å². The largest absolute Gasteiger partial charge is 0.396 e. The fourth-order valence-electron chi connectivity index (χ4n) is 1.62. The summed E-state index contributed by atoms with van der Waals surface area (Å²) in [5.74, 6) is 0. The molecule has 0 amide bonds. The molecule has 1 aromatic carbocycles. The van der Waals surface area contributed by atoms with Crippen molar-refractivity contribution in [3.63, 3.8) is 0 Å². The molecule has 0 bridgehead atoms. The van der Waals surface area contributed by atoms with Gasteiger partial charge in [-0.2, -0.15) is 0 Å². The van der Waals surface area contributed by atoms with Crippen LogP contribution in [0.3, 0.4) is 0 Å². The van der Waals surface area contributed by atoms with E-state index in [1.807, 2.05) is 0 Å².